The van der Waals surface area contributed by atoms with Crippen LogP contribution < -0.4 is 10.5 Å². The van der Waals surface area contributed by atoms with E-state index in [0.29, 0.717) is 12.0 Å². The molecule has 0 saturated heterocycles. The van der Waals surface area contributed by atoms with Crippen molar-refractivity contribution in [1.29, 1.82) is 0 Å². The zero-order valence-electron chi connectivity index (χ0n) is 12.7. The summed E-state index contributed by atoms with van der Waals surface area (Å²) >= 11 is 3.55. The highest BCUT2D eigenvalue weighted by Crippen LogP contribution is 2.36. The van der Waals surface area contributed by atoms with Gasteiger partial charge in [0.15, 0.2) is 0 Å². The van der Waals surface area contributed by atoms with Crippen molar-refractivity contribution in [3.8, 4) is 5.75 Å². The van der Waals surface area contributed by atoms with Crippen LogP contribution in [0.1, 0.15) is 38.7 Å². The van der Waals surface area contributed by atoms with E-state index in [0.717, 1.165) is 34.9 Å². The van der Waals surface area contributed by atoms with Crippen LogP contribution in [-0.4, -0.2) is 13.2 Å². The SMILES string of the molecule is COc1ccc(Br)cc1CC1CC(C(C)C)CCC1N. The molecular formula is C17H26BrNO. The van der Waals surface area contributed by atoms with Gasteiger partial charge in [-0.15, -0.1) is 0 Å². The van der Waals surface area contributed by atoms with Gasteiger partial charge in [-0.1, -0.05) is 29.8 Å². The number of benzene rings is 1. The highest BCUT2D eigenvalue weighted by atomic mass is 79.9. The molecule has 0 aromatic heterocycles. The number of nitrogens with two attached hydrogens (primary N) is 1. The van der Waals surface area contributed by atoms with Gasteiger partial charge in [0.25, 0.3) is 0 Å². The standard InChI is InChI=1S/C17H26BrNO/c1-11(2)12-4-6-16(19)13(8-12)9-14-10-15(18)5-7-17(14)20-3/h5,7,10-13,16H,4,6,8-9,19H2,1-3H3. The second-order valence-corrected chi connectivity index (χ2v) is 7.32. The molecular weight excluding hydrogens is 314 g/mol. The minimum absolute atomic E-state index is 0.327. The Morgan fingerprint density at radius 1 is 1.35 bits per heavy atom. The number of rotatable bonds is 4. The Hall–Kier alpha value is -0.540. The van der Waals surface area contributed by atoms with Crippen molar-refractivity contribution in [2.45, 2.75) is 45.6 Å². The number of halogens is 1. The summed E-state index contributed by atoms with van der Waals surface area (Å²) in [6.45, 7) is 4.66. The van der Waals surface area contributed by atoms with Crippen LogP contribution in [0.5, 0.6) is 5.75 Å². The van der Waals surface area contributed by atoms with E-state index in [1.54, 1.807) is 7.11 Å². The van der Waals surface area contributed by atoms with Crippen molar-refractivity contribution >= 4 is 15.9 Å². The van der Waals surface area contributed by atoms with Crippen LogP contribution in [0.15, 0.2) is 22.7 Å². The predicted octanol–water partition coefficient (Wildman–Crippen LogP) is 4.40. The van der Waals surface area contributed by atoms with Crippen LogP contribution in [0.3, 0.4) is 0 Å². The molecule has 0 bridgehead atoms. The fourth-order valence-corrected chi connectivity index (χ4v) is 3.76. The molecule has 3 unspecified atom stereocenters. The Morgan fingerprint density at radius 2 is 2.10 bits per heavy atom. The summed E-state index contributed by atoms with van der Waals surface area (Å²) in [7, 11) is 1.74. The fourth-order valence-electron chi connectivity index (χ4n) is 3.35. The molecule has 1 aliphatic rings. The first-order chi connectivity index (χ1) is 9.51. The Bertz CT molecular complexity index is 447. The molecule has 112 valence electrons. The number of ether oxygens (including phenoxy) is 1. The van der Waals surface area contributed by atoms with Gasteiger partial charge in [0, 0.05) is 10.5 Å². The topological polar surface area (TPSA) is 35.2 Å². The maximum Gasteiger partial charge on any atom is 0.122 e. The Kier molecular flexibility index (Phi) is 5.50. The first-order valence-electron chi connectivity index (χ1n) is 7.59. The van der Waals surface area contributed by atoms with Gasteiger partial charge in [-0.05, 0) is 67.2 Å². The maximum atomic E-state index is 6.37. The molecule has 1 aliphatic carbocycles. The summed E-state index contributed by atoms with van der Waals surface area (Å²) in [4.78, 5) is 0. The van der Waals surface area contributed by atoms with Crippen LogP contribution in [0.25, 0.3) is 0 Å². The smallest absolute Gasteiger partial charge is 0.122 e. The third-order valence-corrected chi connectivity index (χ3v) is 5.24. The van der Waals surface area contributed by atoms with Gasteiger partial charge in [0.1, 0.15) is 5.75 Å². The number of hydrogen-bond donors (Lipinski definition) is 1. The lowest BCUT2D eigenvalue weighted by atomic mass is 9.72. The molecule has 20 heavy (non-hydrogen) atoms. The minimum atomic E-state index is 0.327. The van der Waals surface area contributed by atoms with Gasteiger partial charge in [-0.25, -0.2) is 0 Å². The van der Waals surface area contributed by atoms with Crippen LogP contribution in [-0.2, 0) is 6.42 Å². The van der Waals surface area contributed by atoms with E-state index in [9.17, 15) is 0 Å². The van der Waals surface area contributed by atoms with Crippen LogP contribution in [0, 0.1) is 17.8 Å². The van der Waals surface area contributed by atoms with Gasteiger partial charge in [0.2, 0.25) is 0 Å². The average Bonchev–Trinajstić information content (AvgIpc) is 2.41. The second kappa shape index (κ2) is 6.95. The van der Waals surface area contributed by atoms with Crippen molar-refractivity contribution in [2.24, 2.45) is 23.5 Å². The van der Waals surface area contributed by atoms with Crippen LogP contribution in [0.4, 0.5) is 0 Å². The summed E-state index contributed by atoms with van der Waals surface area (Å²) in [6, 6.07) is 6.56. The van der Waals surface area contributed by atoms with E-state index < -0.39 is 0 Å². The molecule has 1 aromatic carbocycles. The summed E-state index contributed by atoms with van der Waals surface area (Å²) in [6.07, 6.45) is 4.70. The third kappa shape index (κ3) is 3.76. The van der Waals surface area contributed by atoms with Crippen LogP contribution in [0.2, 0.25) is 0 Å². The van der Waals surface area contributed by atoms with E-state index in [1.165, 1.54) is 18.4 Å². The molecule has 2 nitrogen and oxygen atoms in total. The van der Waals surface area contributed by atoms with Crippen LogP contribution >= 0.6 is 15.9 Å². The summed E-state index contributed by atoms with van der Waals surface area (Å²) < 4.78 is 6.60. The normalized spacial score (nSPS) is 26.8. The van der Waals surface area contributed by atoms with Gasteiger partial charge < -0.3 is 10.5 Å². The summed E-state index contributed by atoms with van der Waals surface area (Å²) in [5.41, 5.74) is 7.64. The lowest BCUT2D eigenvalue weighted by Crippen LogP contribution is -2.38. The van der Waals surface area contributed by atoms with Gasteiger partial charge in [-0.3, -0.25) is 0 Å². The van der Waals surface area contributed by atoms with Gasteiger partial charge >= 0.3 is 0 Å². The Balaban J connectivity index is 2.13. The van der Waals surface area contributed by atoms with E-state index >= 15 is 0 Å². The van der Waals surface area contributed by atoms with Crippen molar-refractivity contribution in [1.82, 2.24) is 0 Å². The van der Waals surface area contributed by atoms with Gasteiger partial charge in [0.05, 0.1) is 7.11 Å². The maximum absolute atomic E-state index is 6.37. The Labute approximate surface area is 131 Å². The summed E-state index contributed by atoms with van der Waals surface area (Å²) in [5.74, 6) is 3.12. The van der Waals surface area contributed by atoms with Crippen molar-refractivity contribution in [3.63, 3.8) is 0 Å². The van der Waals surface area contributed by atoms with E-state index in [2.05, 4.69) is 35.8 Å². The fraction of sp³-hybridized carbons (Fsp3) is 0.647. The molecule has 1 fully saturated rings. The average molecular weight is 340 g/mol. The first kappa shape index (κ1) is 15.8. The quantitative estimate of drug-likeness (QED) is 0.882. The lowest BCUT2D eigenvalue weighted by Gasteiger charge is -2.36. The molecule has 3 atom stereocenters. The third-order valence-electron chi connectivity index (χ3n) is 4.75. The lowest BCUT2D eigenvalue weighted by molar-refractivity contribution is 0.188. The van der Waals surface area contributed by atoms with E-state index in [1.807, 2.05) is 12.1 Å². The molecule has 0 aliphatic heterocycles. The molecule has 3 heteroatoms. The predicted molar refractivity (Wildman–Crippen MR) is 88.0 cm³/mol. The molecule has 1 aromatic rings. The largest absolute Gasteiger partial charge is 0.496 e. The van der Waals surface area contributed by atoms with Crippen molar-refractivity contribution in [3.05, 3.63) is 28.2 Å². The Morgan fingerprint density at radius 3 is 2.75 bits per heavy atom. The zero-order chi connectivity index (χ0) is 14.7. The molecule has 0 radical (unpaired) electrons. The van der Waals surface area contributed by atoms with Crippen molar-refractivity contribution in [2.75, 3.05) is 7.11 Å². The molecule has 1 saturated carbocycles. The zero-order valence-corrected chi connectivity index (χ0v) is 14.3. The molecule has 2 rings (SSSR count). The minimum Gasteiger partial charge on any atom is -0.496 e. The number of methoxy groups -OCH3 is 1. The summed E-state index contributed by atoms with van der Waals surface area (Å²) in [5, 5.41) is 0. The molecule has 0 amide bonds. The van der Waals surface area contributed by atoms with E-state index in [4.69, 9.17) is 10.5 Å². The van der Waals surface area contributed by atoms with E-state index in [-0.39, 0.29) is 0 Å². The first-order valence-corrected chi connectivity index (χ1v) is 8.38. The molecule has 2 N–H and O–H groups in total. The van der Waals surface area contributed by atoms with Crippen molar-refractivity contribution < 1.29 is 4.74 Å². The monoisotopic (exact) mass is 339 g/mol. The van der Waals surface area contributed by atoms with Gasteiger partial charge in [-0.2, -0.15) is 0 Å². The highest BCUT2D eigenvalue weighted by Gasteiger charge is 2.30. The second-order valence-electron chi connectivity index (χ2n) is 6.40. The number of hydrogen-bond acceptors (Lipinski definition) is 2. The molecule has 0 spiro atoms. The molecule has 0 heterocycles. The highest BCUT2D eigenvalue weighted by molar-refractivity contribution is 9.10.